The normalized spacial score (nSPS) is 27.2. The maximum absolute atomic E-state index is 12.5. The van der Waals surface area contributed by atoms with Crippen molar-refractivity contribution in [2.24, 2.45) is 0 Å². The monoisotopic (exact) mass is 422 g/mol. The molecule has 1 aliphatic heterocycles. The summed E-state index contributed by atoms with van der Waals surface area (Å²) in [7, 11) is 0. The number of amides is 1. The fourth-order valence-electron chi connectivity index (χ4n) is 4.20. The molecule has 4 unspecified atom stereocenters. The average molecular weight is 423 g/mol. The van der Waals surface area contributed by atoms with Gasteiger partial charge in [0.05, 0.1) is 18.2 Å². The third kappa shape index (κ3) is 6.25. The number of rotatable bonds is 12. The second-order valence-electron chi connectivity index (χ2n) is 8.38. The molecule has 1 fully saturated rings. The molecule has 2 rings (SSSR count). The molecule has 1 aromatic carbocycles. The van der Waals surface area contributed by atoms with Crippen molar-refractivity contribution in [1.29, 1.82) is 0 Å². The first-order chi connectivity index (χ1) is 14.5. The van der Waals surface area contributed by atoms with Crippen LogP contribution in [0, 0.1) is 0 Å². The lowest BCUT2D eigenvalue weighted by Gasteiger charge is -2.52. The molecule has 0 bridgehead atoms. The molecule has 1 heterocycles. The van der Waals surface area contributed by atoms with E-state index in [9.17, 15) is 25.2 Å². The number of hydrogen-bond donors (Lipinski definition) is 5. The molecule has 0 aliphatic carbocycles. The van der Waals surface area contributed by atoms with Crippen LogP contribution in [0.3, 0.4) is 0 Å². The van der Waals surface area contributed by atoms with Crippen molar-refractivity contribution in [2.45, 2.75) is 75.7 Å². The second-order valence-corrected chi connectivity index (χ2v) is 8.38. The van der Waals surface area contributed by atoms with Crippen molar-refractivity contribution >= 4 is 5.91 Å². The summed E-state index contributed by atoms with van der Waals surface area (Å²) in [6.07, 6.45) is 4.02. The molecule has 4 atom stereocenters. The van der Waals surface area contributed by atoms with E-state index in [1.54, 1.807) is 24.3 Å². The molecule has 1 saturated heterocycles. The third-order valence-electron chi connectivity index (χ3n) is 6.20. The fourth-order valence-corrected chi connectivity index (χ4v) is 4.20. The Kier molecular flexibility index (Phi) is 10.2. The number of unbranched alkanes of at least 4 members (excludes halogenated alkanes) is 6. The zero-order valence-corrected chi connectivity index (χ0v) is 18.0. The van der Waals surface area contributed by atoms with Gasteiger partial charge in [0, 0.05) is 18.7 Å². The SMILES string of the molecule is CCCCCCCCCN1CC(O)C(O)C(O)C1(CO)CNC(=O)c1ccccc1. The van der Waals surface area contributed by atoms with E-state index in [4.69, 9.17) is 0 Å². The molecular weight excluding hydrogens is 384 g/mol. The minimum Gasteiger partial charge on any atom is -0.394 e. The Bertz CT molecular complexity index is 629. The van der Waals surface area contributed by atoms with Gasteiger partial charge in [-0.1, -0.05) is 63.6 Å². The van der Waals surface area contributed by atoms with Crippen LogP contribution in [0.1, 0.15) is 62.2 Å². The Morgan fingerprint density at radius 1 is 1.07 bits per heavy atom. The van der Waals surface area contributed by atoms with Crippen LogP contribution in [0.25, 0.3) is 0 Å². The average Bonchev–Trinajstić information content (AvgIpc) is 2.77. The summed E-state index contributed by atoms with van der Waals surface area (Å²) in [5.74, 6) is -0.313. The molecule has 7 nitrogen and oxygen atoms in total. The molecule has 30 heavy (non-hydrogen) atoms. The first-order valence-corrected chi connectivity index (χ1v) is 11.2. The van der Waals surface area contributed by atoms with Crippen LogP contribution in [0.2, 0.25) is 0 Å². The van der Waals surface area contributed by atoms with Crippen LogP contribution >= 0.6 is 0 Å². The summed E-state index contributed by atoms with van der Waals surface area (Å²) in [4.78, 5) is 14.3. The van der Waals surface area contributed by atoms with E-state index in [1.165, 1.54) is 25.7 Å². The second kappa shape index (κ2) is 12.4. The highest BCUT2D eigenvalue weighted by Crippen LogP contribution is 2.29. The van der Waals surface area contributed by atoms with E-state index in [-0.39, 0.29) is 19.0 Å². The zero-order valence-electron chi connectivity index (χ0n) is 18.0. The van der Waals surface area contributed by atoms with Crippen molar-refractivity contribution in [1.82, 2.24) is 10.2 Å². The molecule has 1 amide bonds. The first-order valence-electron chi connectivity index (χ1n) is 11.2. The molecule has 0 aromatic heterocycles. The summed E-state index contributed by atoms with van der Waals surface area (Å²) in [6, 6.07) is 8.72. The number of aliphatic hydroxyl groups excluding tert-OH is 4. The fraction of sp³-hybridized carbons (Fsp3) is 0.696. The van der Waals surface area contributed by atoms with Gasteiger partial charge in [0.25, 0.3) is 5.91 Å². The summed E-state index contributed by atoms with van der Waals surface area (Å²) in [5, 5.41) is 44.2. The summed E-state index contributed by atoms with van der Waals surface area (Å²) in [6.45, 7) is 2.42. The van der Waals surface area contributed by atoms with E-state index < -0.39 is 30.5 Å². The Morgan fingerprint density at radius 2 is 1.70 bits per heavy atom. The maximum atomic E-state index is 12.5. The van der Waals surface area contributed by atoms with Gasteiger partial charge in [0.2, 0.25) is 0 Å². The minimum absolute atomic E-state index is 0.0291. The topological polar surface area (TPSA) is 113 Å². The quantitative estimate of drug-likeness (QED) is 0.325. The number of nitrogens with zero attached hydrogens (tertiary/aromatic N) is 1. The lowest BCUT2D eigenvalue weighted by molar-refractivity contribution is -0.185. The predicted molar refractivity (Wildman–Crippen MR) is 116 cm³/mol. The van der Waals surface area contributed by atoms with Crippen molar-refractivity contribution in [2.75, 3.05) is 26.2 Å². The highest BCUT2D eigenvalue weighted by Gasteiger charge is 2.52. The van der Waals surface area contributed by atoms with Crippen LogP contribution in [-0.4, -0.2) is 81.3 Å². The van der Waals surface area contributed by atoms with E-state index in [2.05, 4.69) is 12.2 Å². The molecule has 0 radical (unpaired) electrons. The number of nitrogens with one attached hydrogen (secondary N) is 1. The number of carbonyl (C=O) groups excluding carboxylic acids is 1. The highest BCUT2D eigenvalue weighted by molar-refractivity contribution is 5.94. The zero-order chi connectivity index (χ0) is 22.0. The molecule has 0 saturated carbocycles. The number of β-amino-alcohol motifs (C(OH)–C–C–N with tert-alkyl or cyclic N) is 1. The number of likely N-dealkylation sites (tertiary alicyclic amines) is 1. The highest BCUT2D eigenvalue weighted by atomic mass is 16.4. The van der Waals surface area contributed by atoms with Crippen LogP contribution in [0.5, 0.6) is 0 Å². The van der Waals surface area contributed by atoms with Gasteiger partial charge in [-0.2, -0.15) is 0 Å². The molecule has 1 aliphatic rings. The smallest absolute Gasteiger partial charge is 0.251 e. The summed E-state index contributed by atoms with van der Waals surface area (Å²) < 4.78 is 0. The Hall–Kier alpha value is -1.51. The van der Waals surface area contributed by atoms with Crippen LogP contribution < -0.4 is 5.32 Å². The first kappa shape index (κ1) is 24.8. The lowest BCUT2D eigenvalue weighted by atomic mass is 9.80. The van der Waals surface area contributed by atoms with Crippen LogP contribution in [-0.2, 0) is 0 Å². The Morgan fingerprint density at radius 3 is 2.33 bits per heavy atom. The van der Waals surface area contributed by atoms with Crippen molar-refractivity contribution in [3.05, 3.63) is 35.9 Å². The number of aliphatic hydroxyl groups is 4. The van der Waals surface area contributed by atoms with Crippen molar-refractivity contribution in [3.63, 3.8) is 0 Å². The largest absolute Gasteiger partial charge is 0.394 e. The minimum atomic E-state index is -1.38. The van der Waals surface area contributed by atoms with Gasteiger partial charge in [0.1, 0.15) is 12.2 Å². The number of hydrogen-bond acceptors (Lipinski definition) is 6. The maximum Gasteiger partial charge on any atom is 0.251 e. The summed E-state index contributed by atoms with van der Waals surface area (Å²) in [5.41, 5.74) is -0.763. The van der Waals surface area contributed by atoms with Crippen molar-refractivity contribution in [3.8, 4) is 0 Å². The van der Waals surface area contributed by atoms with E-state index in [0.29, 0.717) is 12.1 Å². The van der Waals surface area contributed by atoms with Gasteiger partial charge in [-0.15, -0.1) is 0 Å². The lowest BCUT2D eigenvalue weighted by Crippen LogP contribution is -2.74. The Labute approximate surface area is 179 Å². The van der Waals surface area contributed by atoms with Crippen LogP contribution in [0.15, 0.2) is 30.3 Å². The predicted octanol–water partition coefficient (Wildman–Crippen LogP) is 1.30. The van der Waals surface area contributed by atoms with E-state index in [0.717, 1.165) is 19.3 Å². The number of carbonyl (C=O) groups is 1. The standard InChI is InChI=1S/C23H38N2O5/c1-2-3-4-5-6-7-11-14-25-15-19(27)20(28)21(29)23(25,17-26)16-24-22(30)18-12-9-8-10-13-18/h8-10,12-13,19-21,26-29H,2-7,11,14-17H2,1H3,(H,24,30). The third-order valence-corrected chi connectivity index (χ3v) is 6.20. The van der Waals surface area contributed by atoms with Crippen LogP contribution in [0.4, 0.5) is 0 Å². The molecule has 0 spiro atoms. The molecular formula is C23H38N2O5. The number of benzene rings is 1. The van der Waals surface area contributed by atoms with E-state index >= 15 is 0 Å². The molecule has 5 N–H and O–H groups in total. The van der Waals surface area contributed by atoms with Gasteiger partial charge in [-0.3, -0.25) is 9.69 Å². The van der Waals surface area contributed by atoms with E-state index in [1.807, 2.05) is 11.0 Å². The Balaban J connectivity index is 2.01. The van der Waals surface area contributed by atoms with Gasteiger partial charge >= 0.3 is 0 Å². The molecule has 1 aromatic rings. The number of piperidine rings is 1. The van der Waals surface area contributed by atoms with Gasteiger partial charge < -0.3 is 25.7 Å². The van der Waals surface area contributed by atoms with Crippen molar-refractivity contribution < 1.29 is 25.2 Å². The molecule has 170 valence electrons. The van der Waals surface area contributed by atoms with Gasteiger partial charge in [-0.25, -0.2) is 0 Å². The van der Waals surface area contributed by atoms with Gasteiger partial charge in [0.15, 0.2) is 0 Å². The summed E-state index contributed by atoms with van der Waals surface area (Å²) >= 11 is 0. The van der Waals surface area contributed by atoms with Gasteiger partial charge in [-0.05, 0) is 25.1 Å². The molecule has 7 heteroatoms.